The van der Waals surface area contributed by atoms with Crippen LogP contribution in [0.1, 0.15) is 0 Å². The SMILES string of the molecule is O=S(=O)(c1ccccc1OC(F)(F)F)N1CCN(c2cc(N3CCOCC3)cnn2)CC1. The molecule has 4 rings (SSSR count). The van der Waals surface area contributed by atoms with Crippen LogP contribution in [-0.2, 0) is 14.8 Å². The first-order valence-corrected chi connectivity index (χ1v) is 11.4. The lowest BCUT2D eigenvalue weighted by atomic mass is 10.3. The molecule has 32 heavy (non-hydrogen) atoms. The third-order valence-corrected chi connectivity index (χ3v) is 7.20. The zero-order valence-corrected chi connectivity index (χ0v) is 17.8. The molecule has 2 aliphatic rings. The minimum Gasteiger partial charge on any atom is -0.404 e. The van der Waals surface area contributed by atoms with Gasteiger partial charge < -0.3 is 19.3 Å². The number of hydrogen-bond acceptors (Lipinski definition) is 8. The predicted octanol–water partition coefficient (Wildman–Crippen LogP) is 1.72. The molecular formula is C19H22F3N5O4S. The highest BCUT2D eigenvalue weighted by molar-refractivity contribution is 7.89. The Morgan fingerprint density at radius 2 is 1.66 bits per heavy atom. The Kier molecular flexibility index (Phi) is 6.40. The lowest BCUT2D eigenvalue weighted by Gasteiger charge is -2.35. The van der Waals surface area contributed by atoms with Gasteiger partial charge in [-0.25, -0.2) is 8.42 Å². The molecule has 3 heterocycles. The Morgan fingerprint density at radius 3 is 2.34 bits per heavy atom. The van der Waals surface area contributed by atoms with Gasteiger partial charge in [0.1, 0.15) is 10.6 Å². The molecular weight excluding hydrogens is 451 g/mol. The summed E-state index contributed by atoms with van der Waals surface area (Å²) in [5.41, 5.74) is 0.909. The van der Waals surface area contributed by atoms with E-state index in [-0.39, 0.29) is 13.1 Å². The maximum atomic E-state index is 13.0. The van der Waals surface area contributed by atoms with Crippen molar-refractivity contribution in [1.82, 2.24) is 14.5 Å². The first kappa shape index (κ1) is 22.6. The Bertz CT molecular complexity index is 1040. The van der Waals surface area contributed by atoms with Gasteiger partial charge >= 0.3 is 6.36 Å². The van der Waals surface area contributed by atoms with E-state index in [1.807, 2.05) is 11.0 Å². The number of alkyl halides is 3. The highest BCUT2D eigenvalue weighted by atomic mass is 32.2. The smallest absolute Gasteiger partial charge is 0.404 e. The van der Waals surface area contributed by atoms with E-state index in [1.165, 1.54) is 12.1 Å². The largest absolute Gasteiger partial charge is 0.573 e. The van der Waals surface area contributed by atoms with E-state index in [1.54, 1.807) is 6.20 Å². The van der Waals surface area contributed by atoms with Gasteiger partial charge in [-0.2, -0.15) is 9.40 Å². The molecule has 2 aromatic rings. The summed E-state index contributed by atoms with van der Waals surface area (Å²) in [6, 6.07) is 6.65. The van der Waals surface area contributed by atoms with Gasteiger partial charge in [-0.15, -0.1) is 18.3 Å². The number of sulfonamides is 1. The maximum absolute atomic E-state index is 13.0. The van der Waals surface area contributed by atoms with Crippen LogP contribution in [0.2, 0.25) is 0 Å². The summed E-state index contributed by atoms with van der Waals surface area (Å²) in [5, 5.41) is 8.23. The fraction of sp³-hybridized carbons (Fsp3) is 0.474. The molecule has 0 saturated carbocycles. The average molecular weight is 473 g/mol. The van der Waals surface area contributed by atoms with Crippen molar-refractivity contribution in [3.05, 3.63) is 36.5 Å². The van der Waals surface area contributed by atoms with E-state index in [9.17, 15) is 21.6 Å². The quantitative estimate of drug-likeness (QED) is 0.649. The Labute approximate surface area is 183 Å². The zero-order valence-electron chi connectivity index (χ0n) is 17.0. The summed E-state index contributed by atoms with van der Waals surface area (Å²) in [5.74, 6) is -0.127. The Balaban J connectivity index is 1.46. The summed E-state index contributed by atoms with van der Waals surface area (Å²) < 4.78 is 74.6. The van der Waals surface area contributed by atoms with Crippen LogP contribution in [0.4, 0.5) is 24.7 Å². The summed E-state index contributed by atoms with van der Waals surface area (Å²) in [6.45, 7) is 3.58. The summed E-state index contributed by atoms with van der Waals surface area (Å²) >= 11 is 0. The van der Waals surface area contributed by atoms with Crippen LogP contribution in [0.15, 0.2) is 41.4 Å². The van der Waals surface area contributed by atoms with Gasteiger partial charge in [0.05, 0.1) is 25.1 Å². The van der Waals surface area contributed by atoms with Gasteiger partial charge in [-0.1, -0.05) is 12.1 Å². The van der Waals surface area contributed by atoms with E-state index in [0.29, 0.717) is 32.1 Å². The van der Waals surface area contributed by atoms with Crippen LogP contribution in [0, 0.1) is 0 Å². The minimum absolute atomic E-state index is 0.0894. The molecule has 13 heteroatoms. The van der Waals surface area contributed by atoms with Gasteiger partial charge in [0.2, 0.25) is 10.0 Å². The summed E-state index contributed by atoms with van der Waals surface area (Å²) in [4.78, 5) is 3.53. The van der Waals surface area contributed by atoms with Crippen LogP contribution in [0.25, 0.3) is 0 Å². The second-order valence-electron chi connectivity index (χ2n) is 7.26. The Morgan fingerprint density at radius 1 is 0.969 bits per heavy atom. The molecule has 0 unspecified atom stereocenters. The van der Waals surface area contributed by atoms with Crippen LogP contribution in [0.5, 0.6) is 5.75 Å². The predicted molar refractivity (Wildman–Crippen MR) is 109 cm³/mol. The van der Waals surface area contributed by atoms with Crippen LogP contribution in [-0.4, -0.2) is 81.8 Å². The highest BCUT2D eigenvalue weighted by Gasteiger charge is 2.36. The number of piperazine rings is 1. The van der Waals surface area contributed by atoms with Gasteiger partial charge in [0.15, 0.2) is 5.82 Å². The number of benzene rings is 1. The van der Waals surface area contributed by atoms with Crippen molar-refractivity contribution in [3.8, 4) is 5.75 Å². The van der Waals surface area contributed by atoms with Crippen molar-refractivity contribution in [2.45, 2.75) is 11.3 Å². The molecule has 0 atom stereocenters. The second kappa shape index (κ2) is 9.08. The third kappa shape index (κ3) is 5.05. The van der Waals surface area contributed by atoms with Crippen LogP contribution in [0.3, 0.4) is 0 Å². The molecule has 2 aliphatic heterocycles. The molecule has 174 valence electrons. The molecule has 1 aromatic heterocycles. The number of rotatable bonds is 5. The van der Waals surface area contributed by atoms with Crippen molar-refractivity contribution < 1.29 is 31.1 Å². The molecule has 1 aromatic carbocycles. The molecule has 0 radical (unpaired) electrons. The number of anilines is 2. The number of nitrogens with zero attached hydrogens (tertiary/aromatic N) is 5. The highest BCUT2D eigenvalue weighted by Crippen LogP contribution is 2.32. The fourth-order valence-corrected chi connectivity index (χ4v) is 5.20. The van der Waals surface area contributed by atoms with Gasteiger partial charge in [-0.3, -0.25) is 0 Å². The van der Waals surface area contributed by atoms with Crippen molar-refractivity contribution in [3.63, 3.8) is 0 Å². The molecule has 0 amide bonds. The molecule has 2 fully saturated rings. The number of morpholine rings is 1. The third-order valence-electron chi connectivity index (χ3n) is 5.26. The van der Waals surface area contributed by atoms with Crippen LogP contribution < -0.4 is 14.5 Å². The Hall–Kier alpha value is -2.64. The van der Waals surface area contributed by atoms with Crippen molar-refractivity contribution in [2.24, 2.45) is 0 Å². The van der Waals surface area contributed by atoms with Crippen LogP contribution >= 0.6 is 0 Å². The zero-order chi connectivity index (χ0) is 22.8. The van der Waals surface area contributed by atoms with Crippen molar-refractivity contribution >= 4 is 21.5 Å². The molecule has 0 N–H and O–H groups in total. The number of hydrogen-bond donors (Lipinski definition) is 0. The minimum atomic E-state index is -4.99. The standard InChI is InChI=1S/C19H22F3N5O4S/c20-19(21,22)31-16-3-1-2-4-17(16)32(28,29)27-7-5-26(6-8-27)18-13-15(14-23-24-18)25-9-11-30-12-10-25/h1-4,13-14H,5-12H2. The second-order valence-corrected chi connectivity index (χ2v) is 9.16. The fourth-order valence-electron chi connectivity index (χ4n) is 3.66. The normalized spacial score (nSPS) is 18.6. The molecule has 0 bridgehead atoms. The van der Waals surface area contributed by atoms with Gasteiger partial charge in [0.25, 0.3) is 0 Å². The lowest BCUT2D eigenvalue weighted by Crippen LogP contribution is -2.49. The summed E-state index contributed by atoms with van der Waals surface area (Å²) in [6.07, 6.45) is -3.32. The number of para-hydroxylation sites is 1. The van der Waals surface area contributed by atoms with E-state index >= 15 is 0 Å². The molecule has 9 nitrogen and oxygen atoms in total. The van der Waals surface area contributed by atoms with E-state index < -0.39 is 27.0 Å². The van der Waals surface area contributed by atoms with Crippen molar-refractivity contribution in [1.29, 1.82) is 0 Å². The average Bonchev–Trinajstić information content (AvgIpc) is 2.79. The topological polar surface area (TPSA) is 88.1 Å². The van der Waals surface area contributed by atoms with Gasteiger partial charge in [0, 0.05) is 45.3 Å². The van der Waals surface area contributed by atoms with E-state index in [0.717, 1.165) is 35.2 Å². The first-order chi connectivity index (χ1) is 15.2. The van der Waals surface area contributed by atoms with Gasteiger partial charge in [-0.05, 0) is 12.1 Å². The van der Waals surface area contributed by atoms with Crippen molar-refractivity contribution in [2.75, 3.05) is 62.3 Å². The summed E-state index contributed by atoms with van der Waals surface area (Å²) in [7, 11) is -4.17. The number of aromatic nitrogens is 2. The molecule has 0 aliphatic carbocycles. The number of halogens is 3. The lowest BCUT2D eigenvalue weighted by molar-refractivity contribution is -0.275. The van der Waals surface area contributed by atoms with E-state index in [2.05, 4.69) is 19.8 Å². The monoisotopic (exact) mass is 473 g/mol. The molecule has 2 saturated heterocycles. The first-order valence-electron chi connectivity index (χ1n) is 9.99. The van der Waals surface area contributed by atoms with E-state index in [4.69, 9.17) is 4.74 Å². The number of ether oxygens (including phenoxy) is 2. The molecule has 0 spiro atoms. The maximum Gasteiger partial charge on any atom is 0.573 e.